The molecule has 0 saturated heterocycles. The zero-order valence-corrected chi connectivity index (χ0v) is 16.4. The zero-order chi connectivity index (χ0) is 19.3. The Morgan fingerprint density at radius 3 is 2.96 bits per heavy atom. The number of nitrogens with one attached hydrogen (secondary N) is 3. The lowest BCUT2D eigenvalue weighted by molar-refractivity contribution is -0.404. The summed E-state index contributed by atoms with van der Waals surface area (Å²) in [4.78, 5) is 21.6. The monoisotopic (exact) mass is 410 g/mol. The Morgan fingerprint density at radius 2 is 2.22 bits per heavy atom. The van der Waals surface area contributed by atoms with Gasteiger partial charge in [-0.1, -0.05) is 11.6 Å². The van der Waals surface area contributed by atoms with Gasteiger partial charge in [0.2, 0.25) is 0 Å². The molecule has 146 valence electrons. The molecule has 0 radical (unpaired) electrons. The van der Waals surface area contributed by atoms with Gasteiger partial charge in [-0.05, 0) is 31.4 Å². The number of hydrogen-bond donors (Lipinski definition) is 3. The second-order valence-electron chi connectivity index (χ2n) is 5.70. The molecule has 0 atom stereocenters. The highest BCUT2D eigenvalue weighted by molar-refractivity contribution is 7.98. The molecule has 0 unspecified atom stereocenters. The van der Waals surface area contributed by atoms with E-state index in [1.54, 1.807) is 30.4 Å². The molecule has 3 N–H and O–H groups in total. The van der Waals surface area contributed by atoms with Crippen LogP contribution in [0.5, 0.6) is 0 Å². The number of hydrogen-bond acceptors (Lipinski definition) is 7. The number of rotatable bonds is 13. The minimum Gasteiger partial charge on any atom is -0.367 e. The average molecular weight is 411 g/mol. The van der Waals surface area contributed by atoms with Gasteiger partial charge in [0.05, 0.1) is 22.0 Å². The highest BCUT2D eigenvalue weighted by atomic mass is 35.5. The van der Waals surface area contributed by atoms with Crippen molar-refractivity contribution >= 4 is 23.4 Å². The van der Waals surface area contributed by atoms with Crippen LogP contribution in [0.4, 0.5) is 0 Å². The predicted octanol–water partition coefficient (Wildman–Crippen LogP) is 2.97. The van der Waals surface area contributed by atoms with Gasteiger partial charge in [0.1, 0.15) is 0 Å². The fourth-order valence-electron chi connectivity index (χ4n) is 2.30. The second-order valence-corrected chi connectivity index (χ2v) is 7.21. The molecule has 0 aliphatic rings. The van der Waals surface area contributed by atoms with Crippen LogP contribution in [-0.2, 0) is 12.2 Å². The smallest absolute Gasteiger partial charge is 0.274 e. The maximum atomic E-state index is 10.8. The van der Waals surface area contributed by atoms with Crippen molar-refractivity contribution in [2.24, 2.45) is 0 Å². The quantitative estimate of drug-likeness (QED) is 0.264. The van der Waals surface area contributed by atoms with Gasteiger partial charge in [0.15, 0.2) is 5.82 Å². The van der Waals surface area contributed by atoms with E-state index < -0.39 is 4.92 Å². The number of H-pyrrole nitrogens is 1. The number of aromatic nitrogens is 3. The van der Waals surface area contributed by atoms with Crippen molar-refractivity contribution in [2.75, 3.05) is 18.8 Å². The molecular formula is C17H23ClN6O2S. The number of nitro groups is 1. The van der Waals surface area contributed by atoms with Crippen LogP contribution < -0.4 is 10.6 Å². The largest absolute Gasteiger partial charge is 0.367 e. The summed E-state index contributed by atoms with van der Waals surface area (Å²) < 4.78 is 0. The summed E-state index contributed by atoms with van der Waals surface area (Å²) in [5.41, 5.74) is 1.94. The van der Waals surface area contributed by atoms with E-state index in [2.05, 4.69) is 25.6 Å². The lowest BCUT2D eigenvalue weighted by Gasteiger charge is -2.11. The number of imidazole rings is 1. The van der Waals surface area contributed by atoms with Crippen molar-refractivity contribution in [3.8, 4) is 0 Å². The molecule has 0 amide bonds. The number of halogens is 1. The molecule has 2 aromatic rings. The van der Waals surface area contributed by atoms with Crippen molar-refractivity contribution in [3.63, 3.8) is 0 Å². The molecule has 0 fully saturated rings. The lowest BCUT2D eigenvalue weighted by Crippen LogP contribution is -2.29. The Morgan fingerprint density at radius 1 is 1.37 bits per heavy atom. The normalized spacial score (nSPS) is 11.4. The number of aromatic amines is 1. The molecule has 2 heterocycles. The fraction of sp³-hybridized carbons (Fsp3) is 0.412. The van der Waals surface area contributed by atoms with Crippen LogP contribution in [0.1, 0.15) is 24.2 Å². The molecule has 0 aliphatic heterocycles. The van der Waals surface area contributed by atoms with Crippen molar-refractivity contribution in [3.05, 3.63) is 69.4 Å². The van der Waals surface area contributed by atoms with E-state index in [0.717, 1.165) is 42.6 Å². The summed E-state index contributed by atoms with van der Waals surface area (Å²) >= 11 is 7.74. The van der Waals surface area contributed by atoms with Gasteiger partial charge in [0.25, 0.3) is 6.20 Å². The summed E-state index contributed by atoms with van der Waals surface area (Å²) in [6.45, 7) is 1.27. The molecule has 10 heteroatoms. The molecule has 0 bridgehead atoms. The molecular weight excluding hydrogens is 388 g/mol. The fourth-order valence-corrected chi connectivity index (χ4v) is 3.38. The van der Waals surface area contributed by atoms with Crippen molar-refractivity contribution in [1.82, 2.24) is 25.6 Å². The zero-order valence-electron chi connectivity index (χ0n) is 14.9. The average Bonchev–Trinajstić information content (AvgIpc) is 3.15. The number of thioether (sulfide) groups is 1. The van der Waals surface area contributed by atoms with Gasteiger partial charge in [-0.3, -0.25) is 15.1 Å². The first kappa shape index (κ1) is 21.0. The maximum Gasteiger partial charge on any atom is 0.274 e. The highest BCUT2D eigenvalue weighted by Gasteiger charge is 2.04. The molecule has 8 nitrogen and oxygen atoms in total. The maximum absolute atomic E-state index is 10.8. The van der Waals surface area contributed by atoms with Gasteiger partial charge >= 0.3 is 0 Å². The van der Waals surface area contributed by atoms with Crippen molar-refractivity contribution < 1.29 is 4.92 Å². The molecule has 2 aromatic heterocycles. The predicted molar refractivity (Wildman–Crippen MR) is 108 cm³/mol. The molecule has 0 saturated carbocycles. The Bertz CT molecular complexity index is 726. The van der Waals surface area contributed by atoms with Crippen LogP contribution in [0.25, 0.3) is 0 Å². The number of nitrogens with zero attached hydrogens (tertiary/aromatic N) is 3. The molecule has 0 aliphatic carbocycles. The Balaban J connectivity index is 1.62. The van der Waals surface area contributed by atoms with E-state index in [4.69, 9.17) is 11.6 Å². The summed E-state index contributed by atoms with van der Waals surface area (Å²) in [6, 6.07) is 3.62. The first-order valence-electron chi connectivity index (χ1n) is 8.62. The standard InChI is InChI=1S/C17H23ClN6O2S/c18-15-5-3-7-20-16(15)12-27-9-8-22-17(11-24(25)26)21-6-2-1-4-14-10-19-13-23-14/h3,5,7,10-11,13,21-22H,1-2,4,6,8-9,12H2,(H,19,23). The van der Waals surface area contributed by atoms with E-state index in [9.17, 15) is 10.1 Å². The van der Waals surface area contributed by atoms with Gasteiger partial charge in [0, 0.05) is 42.7 Å². The van der Waals surface area contributed by atoms with Gasteiger partial charge in [-0.2, -0.15) is 11.8 Å². The van der Waals surface area contributed by atoms with Gasteiger partial charge < -0.3 is 15.6 Å². The Hall–Kier alpha value is -2.26. The number of aryl methyl sites for hydroxylation is 1. The van der Waals surface area contributed by atoms with Crippen LogP contribution in [0.15, 0.2) is 42.9 Å². The molecule has 27 heavy (non-hydrogen) atoms. The van der Waals surface area contributed by atoms with Crippen LogP contribution in [0, 0.1) is 10.1 Å². The van der Waals surface area contributed by atoms with Crippen molar-refractivity contribution in [1.29, 1.82) is 0 Å². The summed E-state index contributed by atoms with van der Waals surface area (Å²) in [6.07, 6.45) is 8.95. The van der Waals surface area contributed by atoms with E-state index in [0.29, 0.717) is 29.7 Å². The van der Waals surface area contributed by atoms with E-state index in [-0.39, 0.29) is 0 Å². The van der Waals surface area contributed by atoms with E-state index in [1.807, 2.05) is 12.3 Å². The Labute approximate surface area is 167 Å². The first-order chi connectivity index (χ1) is 13.1. The SMILES string of the molecule is O=[N+]([O-])C=C(NCCCCc1cnc[nH]1)NCCSCc1ncccc1Cl. The first-order valence-corrected chi connectivity index (χ1v) is 10.2. The third-order valence-electron chi connectivity index (χ3n) is 3.61. The van der Waals surface area contributed by atoms with Crippen molar-refractivity contribution in [2.45, 2.75) is 25.0 Å². The van der Waals surface area contributed by atoms with E-state index in [1.165, 1.54) is 0 Å². The van der Waals surface area contributed by atoms with Gasteiger partial charge in [-0.15, -0.1) is 0 Å². The third kappa shape index (κ3) is 8.78. The molecule has 0 aromatic carbocycles. The summed E-state index contributed by atoms with van der Waals surface area (Å²) in [5, 5.41) is 17.6. The minimum atomic E-state index is -0.458. The summed E-state index contributed by atoms with van der Waals surface area (Å²) in [5.74, 6) is 1.91. The van der Waals surface area contributed by atoms with Gasteiger partial charge in [-0.25, -0.2) is 4.98 Å². The summed E-state index contributed by atoms with van der Waals surface area (Å²) in [7, 11) is 0. The number of unbranched alkanes of at least 4 members (excludes halogenated alkanes) is 1. The third-order valence-corrected chi connectivity index (χ3v) is 4.93. The lowest BCUT2D eigenvalue weighted by atomic mass is 10.2. The molecule has 2 rings (SSSR count). The Kier molecular flexibility index (Phi) is 9.50. The van der Waals surface area contributed by atoms with E-state index >= 15 is 0 Å². The van der Waals surface area contributed by atoms with Crippen LogP contribution in [0.3, 0.4) is 0 Å². The van der Waals surface area contributed by atoms with Crippen LogP contribution in [0.2, 0.25) is 5.02 Å². The van der Waals surface area contributed by atoms with Crippen LogP contribution >= 0.6 is 23.4 Å². The molecule has 0 spiro atoms. The topological polar surface area (TPSA) is 109 Å². The minimum absolute atomic E-state index is 0.429. The second kappa shape index (κ2) is 12.2. The number of pyridine rings is 1. The van der Waals surface area contributed by atoms with Crippen LogP contribution in [-0.4, -0.2) is 38.7 Å². The highest BCUT2D eigenvalue weighted by Crippen LogP contribution is 2.17.